The molecule has 2 heterocycles. The fourth-order valence-corrected chi connectivity index (χ4v) is 2.52. The Labute approximate surface area is 134 Å². The zero-order valence-electron chi connectivity index (χ0n) is 12.7. The lowest BCUT2D eigenvalue weighted by Gasteiger charge is -2.17. The third-order valence-corrected chi connectivity index (χ3v) is 3.71. The quantitative estimate of drug-likeness (QED) is 0.859. The second-order valence-corrected chi connectivity index (χ2v) is 5.38. The first kappa shape index (κ1) is 15.1. The molecule has 1 saturated heterocycles. The molecular weight excluding hydrogens is 296 g/mol. The standard InChI is InChI=1S/C17H18N2O4/c20-16(12-23-17(21)13-7-10-22-11-13)18-14-3-5-15(6-4-14)19-8-1-2-9-19/h3-7,10-11H,1-2,8-9,12H2,(H,18,20). The first-order valence-corrected chi connectivity index (χ1v) is 7.56. The summed E-state index contributed by atoms with van der Waals surface area (Å²) >= 11 is 0. The SMILES string of the molecule is O=C(COC(=O)c1ccoc1)Nc1ccc(N2CCCC2)cc1. The number of carbonyl (C=O) groups excluding carboxylic acids is 2. The molecule has 1 aromatic carbocycles. The van der Waals surface area contributed by atoms with Crippen LogP contribution in [0.2, 0.25) is 0 Å². The van der Waals surface area contributed by atoms with Crippen LogP contribution < -0.4 is 10.2 Å². The Morgan fingerprint density at radius 3 is 2.52 bits per heavy atom. The highest BCUT2D eigenvalue weighted by Crippen LogP contribution is 2.21. The number of carbonyl (C=O) groups is 2. The van der Waals surface area contributed by atoms with E-state index in [1.807, 2.05) is 24.3 Å². The number of benzene rings is 1. The van der Waals surface area contributed by atoms with Crippen LogP contribution in [0, 0.1) is 0 Å². The fourth-order valence-electron chi connectivity index (χ4n) is 2.52. The van der Waals surface area contributed by atoms with Gasteiger partial charge in [0.2, 0.25) is 0 Å². The van der Waals surface area contributed by atoms with Crippen molar-refractivity contribution >= 4 is 23.3 Å². The van der Waals surface area contributed by atoms with E-state index in [-0.39, 0.29) is 18.1 Å². The first-order chi connectivity index (χ1) is 11.2. The second kappa shape index (κ2) is 7.00. The third kappa shape index (κ3) is 3.91. The molecule has 120 valence electrons. The van der Waals surface area contributed by atoms with Gasteiger partial charge in [0.15, 0.2) is 6.61 Å². The van der Waals surface area contributed by atoms with Crippen molar-refractivity contribution < 1.29 is 18.7 Å². The number of furan rings is 1. The van der Waals surface area contributed by atoms with Crippen LogP contribution in [-0.2, 0) is 9.53 Å². The number of ether oxygens (including phenoxy) is 1. The zero-order valence-corrected chi connectivity index (χ0v) is 12.7. The lowest BCUT2D eigenvalue weighted by atomic mass is 10.2. The van der Waals surface area contributed by atoms with Gasteiger partial charge in [-0.15, -0.1) is 0 Å². The normalized spacial score (nSPS) is 13.8. The Bertz CT molecular complexity index is 658. The number of esters is 1. The van der Waals surface area contributed by atoms with Gasteiger partial charge in [-0.25, -0.2) is 4.79 Å². The van der Waals surface area contributed by atoms with Crippen molar-refractivity contribution in [2.45, 2.75) is 12.8 Å². The van der Waals surface area contributed by atoms with Crippen molar-refractivity contribution in [3.63, 3.8) is 0 Å². The molecule has 6 nitrogen and oxygen atoms in total. The van der Waals surface area contributed by atoms with Crippen LogP contribution in [0.3, 0.4) is 0 Å². The molecular formula is C17H18N2O4. The molecule has 23 heavy (non-hydrogen) atoms. The minimum Gasteiger partial charge on any atom is -0.472 e. The van der Waals surface area contributed by atoms with Crippen LogP contribution in [-0.4, -0.2) is 31.6 Å². The predicted molar refractivity (Wildman–Crippen MR) is 85.5 cm³/mol. The van der Waals surface area contributed by atoms with Crippen LogP contribution in [0.15, 0.2) is 47.3 Å². The first-order valence-electron chi connectivity index (χ1n) is 7.56. The summed E-state index contributed by atoms with van der Waals surface area (Å²) in [4.78, 5) is 25.7. The highest BCUT2D eigenvalue weighted by atomic mass is 16.5. The van der Waals surface area contributed by atoms with E-state index in [1.54, 1.807) is 0 Å². The lowest BCUT2D eigenvalue weighted by molar-refractivity contribution is -0.119. The summed E-state index contributed by atoms with van der Waals surface area (Å²) in [7, 11) is 0. The van der Waals surface area contributed by atoms with Crippen molar-refractivity contribution in [2.75, 3.05) is 29.9 Å². The molecule has 1 aromatic heterocycles. The maximum Gasteiger partial charge on any atom is 0.341 e. The van der Waals surface area contributed by atoms with Crippen molar-refractivity contribution in [3.05, 3.63) is 48.4 Å². The van der Waals surface area contributed by atoms with Gasteiger partial charge in [-0.05, 0) is 43.2 Å². The van der Waals surface area contributed by atoms with Gasteiger partial charge in [0.05, 0.1) is 11.8 Å². The third-order valence-electron chi connectivity index (χ3n) is 3.71. The summed E-state index contributed by atoms with van der Waals surface area (Å²) in [6.07, 6.45) is 5.09. The molecule has 0 bridgehead atoms. The maximum atomic E-state index is 11.8. The Balaban J connectivity index is 1.48. The average Bonchev–Trinajstić information content (AvgIpc) is 3.26. The molecule has 0 aliphatic carbocycles. The van der Waals surface area contributed by atoms with Gasteiger partial charge < -0.3 is 19.4 Å². The van der Waals surface area contributed by atoms with Gasteiger partial charge >= 0.3 is 5.97 Å². The molecule has 1 fully saturated rings. The largest absolute Gasteiger partial charge is 0.472 e. The van der Waals surface area contributed by atoms with Crippen molar-refractivity contribution in [2.24, 2.45) is 0 Å². The monoisotopic (exact) mass is 314 g/mol. The average molecular weight is 314 g/mol. The molecule has 0 radical (unpaired) electrons. The molecule has 3 rings (SSSR count). The van der Waals surface area contributed by atoms with E-state index in [9.17, 15) is 9.59 Å². The number of hydrogen-bond donors (Lipinski definition) is 1. The predicted octanol–water partition coefficient (Wildman–Crippen LogP) is 2.68. The molecule has 2 aromatic rings. The highest BCUT2D eigenvalue weighted by Gasteiger charge is 2.13. The topological polar surface area (TPSA) is 71.8 Å². The summed E-state index contributed by atoms with van der Waals surface area (Å²) in [5.74, 6) is -0.964. The van der Waals surface area contributed by atoms with E-state index in [2.05, 4.69) is 10.2 Å². The lowest BCUT2D eigenvalue weighted by Crippen LogP contribution is -2.21. The van der Waals surface area contributed by atoms with Crippen molar-refractivity contribution in [1.82, 2.24) is 0 Å². The summed E-state index contributed by atoms with van der Waals surface area (Å²) in [6.45, 7) is 1.82. The van der Waals surface area contributed by atoms with Crippen molar-refractivity contribution in [3.8, 4) is 0 Å². The molecule has 0 unspecified atom stereocenters. The van der Waals surface area contributed by atoms with Gasteiger partial charge in [-0.1, -0.05) is 0 Å². The molecule has 0 saturated carbocycles. The molecule has 0 spiro atoms. The van der Waals surface area contributed by atoms with E-state index < -0.39 is 5.97 Å². The van der Waals surface area contributed by atoms with E-state index >= 15 is 0 Å². The highest BCUT2D eigenvalue weighted by molar-refractivity contribution is 5.95. The van der Waals surface area contributed by atoms with E-state index in [4.69, 9.17) is 9.15 Å². The smallest absolute Gasteiger partial charge is 0.341 e. The number of amides is 1. The number of rotatable bonds is 5. The molecule has 1 amide bonds. The summed E-state index contributed by atoms with van der Waals surface area (Å²) in [6, 6.07) is 9.15. The Hall–Kier alpha value is -2.76. The molecule has 0 atom stereocenters. The van der Waals surface area contributed by atoms with Crippen LogP contribution in [0.4, 0.5) is 11.4 Å². The molecule has 1 aliphatic rings. The second-order valence-electron chi connectivity index (χ2n) is 5.38. The van der Waals surface area contributed by atoms with Gasteiger partial charge in [0, 0.05) is 24.5 Å². The van der Waals surface area contributed by atoms with E-state index in [0.29, 0.717) is 5.69 Å². The number of anilines is 2. The van der Waals surface area contributed by atoms with Gasteiger partial charge in [0.25, 0.3) is 5.91 Å². The minimum atomic E-state index is -0.585. The van der Waals surface area contributed by atoms with Crippen LogP contribution in [0.5, 0.6) is 0 Å². The molecule has 1 aliphatic heterocycles. The number of hydrogen-bond acceptors (Lipinski definition) is 5. The Morgan fingerprint density at radius 2 is 1.87 bits per heavy atom. The summed E-state index contributed by atoms with van der Waals surface area (Å²) in [5.41, 5.74) is 2.12. The van der Waals surface area contributed by atoms with Crippen LogP contribution in [0.1, 0.15) is 23.2 Å². The number of nitrogens with zero attached hydrogens (tertiary/aromatic N) is 1. The van der Waals surface area contributed by atoms with E-state index in [0.717, 1.165) is 18.8 Å². The van der Waals surface area contributed by atoms with Gasteiger partial charge in [-0.3, -0.25) is 4.79 Å². The number of nitrogens with one attached hydrogen (secondary N) is 1. The zero-order chi connectivity index (χ0) is 16.1. The van der Waals surface area contributed by atoms with Gasteiger partial charge in [0.1, 0.15) is 6.26 Å². The molecule has 6 heteroatoms. The summed E-state index contributed by atoms with van der Waals surface area (Å²) in [5, 5.41) is 2.70. The van der Waals surface area contributed by atoms with Gasteiger partial charge in [-0.2, -0.15) is 0 Å². The molecule has 1 N–H and O–H groups in total. The van der Waals surface area contributed by atoms with Crippen molar-refractivity contribution in [1.29, 1.82) is 0 Å². The van der Waals surface area contributed by atoms with E-state index in [1.165, 1.54) is 31.4 Å². The summed E-state index contributed by atoms with van der Waals surface area (Å²) < 4.78 is 9.69. The maximum absolute atomic E-state index is 11.8. The Morgan fingerprint density at radius 1 is 1.13 bits per heavy atom. The Kier molecular flexibility index (Phi) is 4.61. The fraction of sp³-hybridized carbons (Fsp3) is 0.294. The van der Waals surface area contributed by atoms with Crippen LogP contribution >= 0.6 is 0 Å². The van der Waals surface area contributed by atoms with Crippen LogP contribution in [0.25, 0.3) is 0 Å². The minimum absolute atomic E-state index is 0.285.